The Kier molecular flexibility index (Phi) is 6.74. The molecule has 2 aromatic rings. The smallest absolute Gasteiger partial charge is 0.356 e. The number of piperidine rings is 1. The van der Waals surface area contributed by atoms with Gasteiger partial charge in [0.05, 0.1) is 5.56 Å². The van der Waals surface area contributed by atoms with Gasteiger partial charge in [0.15, 0.2) is 0 Å². The van der Waals surface area contributed by atoms with Crippen molar-refractivity contribution in [3.05, 3.63) is 71.0 Å². The van der Waals surface area contributed by atoms with E-state index in [1.807, 2.05) is 0 Å². The van der Waals surface area contributed by atoms with E-state index in [2.05, 4.69) is 5.32 Å². The second kappa shape index (κ2) is 9.28. The number of halogens is 4. The lowest BCUT2D eigenvalue weighted by Crippen LogP contribution is -2.43. The van der Waals surface area contributed by atoms with Crippen molar-refractivity contribution in [2.45, 2.75) is 25.4 Å². The van der Waals surface area contributed by atoms with E-state index in [-0.39, 0.29) is 29.1 Å². The zero-order valence-electron chi connectivity index (χ0n) is 16.2. The molecule has 160 valence electrons. The van der Waals surface area contributed by atoms with Gasteiger partial charge >= 0.3 is 6.18 Å². The molecule has 0 spiro atoms. The van der Waals surface area contributed by atoms with E-state index in [0.717, 1.165) is 17.7 Å². The third-order valence-electron chi connectivity index (χ3n) is 5.24. The minimum Gasteiger partial charge on any atom is -0.356 e. The number of nitrogens with one attached hydrogen (secondary N) is 1. The molecule has 1 aliphatic heterocycles. The van der Waals surface area contributed by atoms with E-state index in [1.54, 1.807) is 17.0 Å². The average molecular weight is 422 g/mol. The van der Waals surface area contributed by atoms with Crippen molar-refractivity contribution >= 4 is 11.8 Å². The van der Waals surface area contributed by atoms with Gasteiger partial charge in [-0.15, -0.1) is 0 Å². The maximum atomic E-state index is 12.9. The number of rotatable bonds is 5. The van der Waals surface area contributed by atoms with Crippen LogP contribution in [0, 0.1) is 11.7 Å². The number of alkyl halides is 3. The van der Waals surface area contributed by atoms with Crippen LogP contribution in [0.15, 0.2) is 48.5 Å². The van der Waals surface area contributed by atoms with Gasteiger partial charge in [0.25, 0.3) is 5.91 Å². The van der Waals surface area contributed by atoms with E-state index in [9.17, 15) is 27.2 Å². The minimum absolute atomic E-state index is 0.0845. The lowest BCUT2D eigenvalue weighted by molar-refractivity contribution is -0.137. The highest BCUT2D eigenvalue weighted by atomic mass is 19.4. The number of nitrogens with zero attached hydrogens (tertiary/aromatic N) is 1. The van der Waals surface area contributed by atoms with Gasteiger partial charge in [-0.3, -0.25) is 9.59 Å². The van der Waals surface area contributed by atoms with Crippen LogP contribution in [-0.2, 0) is 17.4 Å². The fraction of sp³-hybridized carbons (Fsp3) is 0.364. The highest BCUT2D eigenvalue weighted by molar-refractivity contribution is 5.94. The summed E-state index contributed by atoms with van der Waals surface area (Å²) < 4.78 is 50.8. The average Bonchev–Trinajstić information content (AvgIpc) is 2.74. The zero-order chi connectivity index (χ0) is 21.7. The normalized spacial score (nSPS) is 15.1. The fourth-order valence-electron chi connectivity index (χ4n) is 3.45. The van der Waals surface area contributed by atoms with Crippen molar-refractivity contribution in [3.63, 3.8) is 0 Å². The summed E-state index contributed by atoms with van der Waals surface area (Å²) in [5, 5.41) is 2.87. The van der Waals surface area contributed by atoms with Crippen LogP contribution < -0.4 is 5.32 Å². The molecule has 8 heteroatoms. The van der Waals surface area contributed by atoms with Gasteiger partial charge in [0.2, 0.25) is 5.91 Å². The van der Waals surface area contributed by atoms with Gasteiger partial charge in [0, 0.05) is 31.1 Å². The quantitative estimate of drug-likeness (QED) is 0.739. The Morgan fingerprint density at radius 2 is 1.57 bits per heavy atom. The van der Waals surface area contributed by atoms with Crippen LogP contribution >= 0.6 is 0 Å². The second-order valence-electron chi connectivity index (χ2n) is 7.31. The first-order valence-corrected chi connectivity index (χ1v) is 9.73. The van der Waals surface area contributed by atoms with Crippen LogP contribution in [0.3, 0.4) is 0 Å². The Balaban J connectivity index is 1.45. The molecular formula is C22H22F4N2O2. The first kappa shape index (κ1) is 21.8. The molecule has 0 unspecified atom stereocenters. The van der Waals surface area contributed by atoms with E-state index < -0.39 is 11.7 Å². The summed E-state index contributed by atoms with van der Waals surface area (Å²) in [5.74, 6) is -0.937. The van der Waals surface area contributed by atoms with Crippen molar-refractivity contribution in [1.29, 1.82) is 0 Å². The van der Waals surface area contributed by atoms with E-state index in [4.69, 9.17) is 0 Å². The van der Waals surface area contributed by atoms with Gasteiger partial charge in [0.1, 0.15) is 5.82 Å². The van der Waals surface area contributed by atoms with Crippen LogP contribution in [0.25, 0.3) is 0 Å². The Bertz CT molecular complexity index is 872. The van der Waals surface area contributed by atoms with Gasteiger partial charge in [-0.05, 0) is 61.2 Å². The maximum Gasteiger partial charge on any atom is 0.416 e. The van der Waals surface area contributed by atoms with Crippen molar-refractivity contribution in [2.24, 2.45) is 5.92 Å². The summed E-state index contributed by atoms with van der Waals surface area (Å²) >= 11 is 0. The molecule has 30 heavy (non-hydrogen) atoms. The molecule has 1 aliphatic rings. The number of benzene rings is 2. The summed E-state index contributed by atoms with van der Waals surface area (Å²) in [6.45, 7) is 1.18. The Labute approximate surface area is 171 Å². The summed E-state index contributed by atoms with van der Waals surface area (Å²) in [5.41, 5.74) is 0.328. The third-order valence-corrected chi connectivity index (χ3v) is 5.24. The van der Waals surface area contributed by atoms with Crippen LogP contribution in [0.2, 0.25) is 0 Å². The molecule has 0 bridgehead atoms. The van der Waals surface area contributed by atoms with E-state index >= 15 is 0 Å². The number of hydrogen-bond acceptors (Lipinski definition) is 2. The van der Waals surface area contributed by atoms with Gasteiger partial charge in [-0.2, -0.15) is 13.2 Å². The highest BCUT2D eigenvalue weighted by Crippen LogP contribution is 2.29. The largest absolute Gasteiger partial charge is 0.416 e. The second-order valence-corrected chi connectivity index (χ2v) is 7.31. The van der Waals surface area contributed by atoms with E-state index in [0.29, 0.717) is 38.9 Å². The number of likely N-dealkylation sites (tertiary alicyclic amines) is 1. The van der Waals surface area contributed by atoms with Crippen LogP contribution in [0.5, 0.6) is 0 Å². The van der Waals surface area contributed by atoms with Gasteiger partial charge < -0.3 is 10.2 Å². The summed E-state index contributed by atoms with van der Waals surface area (Å²) in [4.78, 5) is 26.4. The molecule has 1 N–H and O–H groups in total. The van der Waals surface area contributed by atoms with Gasteiger partial charge in [-0.1, -0.05) is 12.1 Å². The summed E-state index contributed by atoms with van der Waals surface area (Å²) in [7, 11) is 0. The number of carbonyl (C=O) groups excluding carboxylic acids is 2. The first-order chi connectivity index (χ1) is 14.2. The highest BCUT2D eigenvalue weighted by Gasteiger charge is 2.31. The lowest BCUT2D eigenvalue weighted by atomic mass is 9.95. The standard InChI is InChI=1S/C22H22F4N2O2/c23-19-7-1-15(2-8-19)9-12-27-20(29)16-10-13-28(14-11-16)21(30)17-3-5-18(6-4-17)22(24,25)26/h1-8,16H,9-14H2,(H,27,29). The molecule has 0 saturated carbocycles. The van der Waals surface area contributed by atoms with E-state index in [1.165, 1.54) is 24.3 Å². The SMILES string of the molecule is O=C(NCCc1ccc(F)cc1)C1CCN(C(=O)c2ccc(C(F)(F)F)cc2)CC1. The van der Waals surface area contributed by atoms with Crippen LogP contribution in [0.1, 0.15) is 34.3 Å². The van der Waals surface area contributed by atoms with Crippen LogP contribution in [0.4, 0.5) is 17.6 Å². The number of amides is 2. The Morgan fingerprint density at radius 1 is 0.967 bits per heavy atom. The van der Waals surface area contributed by atoms with Crippen molar-refractivity contribution in [3.8, 4) is 0 Å². The molecular weight excluding hydrogens is 400 g/mol. The summed E-state index contributed by atoms with van der Waals surface area (Å²) in [6.07, 6.45) is -2.86. The Morgan fingerprint density at radius 3 is 2.13 bits per heavy atom. The van der Waals surface area contributed by atoms with Crippen molar-refractivity contribution in [1.82, 2.24) is 10.2 Å². The molecule has 1 fully saturated rings. The molecule has 3 rings (SSSR count). The predicted octanol–water partition coefficient (Wildman–Crippen LogP) is 4.06. The van der Waals surface area contributed by atoms with Crippen molar-refractivity contribution in [2.75, 3.05) is 19.6 Å². The fourth-order valence-corrected chi connectivity index (χ4v) is 3.45. The zero-order valence-corrected chi connectivity index (χ0v) is 16.2. The third kappa shape index (κ3) is 5.58. The number of carbonyl (C=O) groups is 2. The Hall–Kier alpha value is -2.90. The summed E-state index contributed by atoms with van der Waals surface area (Å²) in [6, 6.07) is 10.3. The predicted molar refractivity (Wildman–Crippen MR) is 103 cm³/mol. The molecule has 1 saturated heterocycles. The molecule has 0 atom stereocenters. The topological polar surface area (TPSA) is 49.4 Å². The molecule has 2 amide bonds. The molecule has 4 nitrogen and oxygen atoms in total. The molecule has 0 aromatic heterocycles. The first-order valence-electron chi connectivity index (χ1n) is 9.73. The lowest BCUT2D eigenvalue weighted by Gasteiger charge is -2.31. The van der Waals surface area contributed by atoms with Gasteiger partial charge in [-0.25, -0.2) is 4.39 Å². The molecule has 2 aromatic carbocycles. The van der Waals surface area contributed by atoms with Crippen LogP contribution in [-0.4, -0.2) is 36.3 Å². The monoisotopic (exact) mass is 422 g/mol. The molecule has 1 heterocycles. The van der Waals surface area contributed by atoms with Crippen molar-refractivity contribution < 1.29 is 27.2 Å². The molecule has 0 aliphatic carbocycles. The molecule has 0 radical (unpaired) electrons. The minimum atomic E-state index is -4.44. The maximum absolute atomic E-state index is 12.9. The number of hydrogen-bond donors (Lipinski definition) is 1.